The standard InChI is InChI=1S/C36H34O7S/c1-3-41-34(36(39)40)25-30-16-18-31(19-17-30)42-22-8-4-6-10-28-12-14-29(15-13-28)11-7-5-9-23-44-32-20-21-33(27(2)24-32)43-26-35(37)38/h4-5,8-9,12-21,24,34H,3,22-23,25-26H2,1-2H3,(H,37,38)(H,39,40). The summed E-state index contributed by atoms with van der Waals surface area (Å²) in [6.07, 6.45) is 6.84. The first-order valence-corrected chi connectivity index (χ1v) is 14.9. The summed E-state index contributed by atoms with van der Waals surface area (Å²) in [5.74, 6) is 12.3. The summed E-state index contributed by atoms with van der Waals surface area (Å²) >= 11 is 1.66. The summed E-state index contributed by atoms with van der Waals surface area (Å²) in [4.78, 5) is 23.0. The average molecular weight is 611 g/mol. The molecule has 44 heavy (non-hydrogen) atoms. The first kappa shape index (κ1) is 33.6. The molecular formula is C36H34O7S. The SMILES string of the molecule is CCOC(Cc1ccc(OCC=CC#Cc2ccc(C#CC=CCSc3ccc(OCC(=O)O)c(C)c3)cc2)cc1)C(=O)O. The Bertz CT molecular complexity index is 1570. The van der Waals surface area contributed by atoms with Crippen molar-refractivity contribution in [3.63, 3.8) is 0 Å². The summed E-state index contributed by atoms with van der Waals surface area (Å²) in [5, 5.41) is 18.0. The molecule has 0 amide bonds. The van der Waals surface area contributed by atoms with Crippen molar-refractivity contribution in [3.8, 4) is 35.2 Å². The van der Waals surface area contributed by atoms with E-state index in [1.54, 1.807) is 30.8 Å². The lowest BCUT2D eigenvalue weighted by Crippen LogP contribution is -2.26. The van der Waals surface area contributed by atoms with Gasteiger partial charge in [0.05, 0.1) is 0 Å². The lowest BCUT2D eigenvalue weighted by Gasteiger charge is -2.12. The second kappa shape index (κ2) is 18.6. The number of aliphatic carboxylic acids is 2. The highest BCUT2D eigenvalue weighted by atomic mass is 32.2. The molecule has 2 N–H and O–H groups in total. The minimum atomic E-state index is -0.999. The number of carboxylic acids is 2. The number of benzene rings is 3. The zero-order chi connectivity index (χ0) is 31.6. The lowest BCUT2D eigenvalue weighted by atomic mass is 10.1. The summed E-state index contributed by atoms with van der Waals surface area (Å²) in [6, 6.07) is 20.7. The molecule has 1 unspecified atom stereocenters. The monoisotopic (exact) mass is 610 g/mol. The molecule has 7 nitrogen and oxygen atoms in total. The van der Waals surface area contributed by atoms with Crippen molar-refractivity contribution in [1.29, 1.82) is 0 Å². The molecule has 0 radical (unpaired) electrons. The zero-order valence-electron chi connectivity index (χ0n) is 24.6. The smallest absolute Gasteiger partial charge is 0.341 e. The van der Waals surface area contributed by atoms with Gasteiger partial charge in [0, 0.05) is 34.8 Å². The molecule has 226 valence electrons. The van der Waals surface area contributed by atoms with Crippen LogP contribution in [0.3, 0.4) is 0 Å². The first-order valence-electron chi connectivity index (χ1n) is 13.9. The van der Waals surface area contributed by atoms with Crippen LogP contribution >= 0.6 is 11.8 Å². The quantitative estimate of drug-likeness (QED) is 0.165. The van der Waals surface area contributed by atoms with E-state index in [4.69, 9.17) is 19.3 Å². The number of hydrogen-bond acceptors (Lipinski definition) is 6. The summed E-state index contributed by atoms with van der Waals surface area (Å²) in [7, 11) is 0. The Hall–Kier alpha value is -4.89. The molecule has 0 fully saturated rings. The van der Waals surface area contributed by atoms with Gasteiger partial charge in [0.2, 0.25) is 0 Å². The largest absolute Gasteiger partial charge is 0.490 e. The van der Waals surface area contributed by atoms with E-state index in [0.717, 1.165) is 32.9 Å². The number of allylic oxidation sites excluding steroid dienone is 2. The van der Waals surface area contributed by atoms with E-state index in [2.05, 4.69) is 23.7 Å². The molecule has 0 bridgehead atoms. The molecule has 0 aromatic heterocycles. The molecule has 0 spiro atoms. The Labute approximate surface area is 262 Å². The van der Waals surface area contributed by atoms with Gasteiger partial charge in [-0.25, -0.2) is 9.59 Å². The van der Waals surface area contributed by atoms with Gasteiger partial charge in [-0.15, -0.1) is 11.8 Å². The molecule has 0 heterocycles. The van der Waals surface area contributed by atoms with Gasteiger partial charge < -0.3 is 24.4 Å². The number of carboxylic acid groups (broad SMARTS) is 2. The van der Waals surface area contributed by atoms with E-state index in [1.807, 2.05) is 85.8 Å². The number of carbonyl (C=O) groups is 2. The van der Waals surface area contributed by atoms with E-state index < -0.39 is 18.0 Å². The number of thioether (sulfide) groups is 1. The van der Waals surface area contributed by atoms with Crippen molar-refractivity contribution in [3.05, 3.63) is 113 Å². The Morgan fingerprint density at radius 1 is 0.886 bits per heavy atom. The molecule has 3 aromatic carbocycles. The lowest BCUT2D eigenvalue weighted by molar-refractivity contribution is -0.150. The van der Waals surface area contributed by atoms with Gasteiger partial charge in [0.15, 0.2) is 12.7 Å². The fraction of sp³-hybridized carbons (Fsp3) is 0.222. The van der Waals surface area contributed by atoms with E-state index >= 15 is 0 Å². The third-order valence-corrected chi connectivity index (χ3v) is 6.84. The van der Waals surface area contributed by atoms with E-state index in [9.17, 15) is 14.7 Å². The Kier molecular flexibility index (Phi) is 14.2. The maximum absolute atomic E-state index is 11.2. The van der Waals surface area contributed by atoms with Crippen molar-refractivity contribution < 1.29 is 34.0 Å². The molecule has 3 aromatic rings. The average Bonchev–Trinajstić information content (AvgIpc) is 3.01. The van der Waals surface area contributed by atoms with Crippen LogP contribution in [0.15, 0.2) is 95.9 Å². The van der Waals surface area contributed by atoms with Crippen molar-refractivity contribution in [1.82, 2.24) is 0 Å². The van der Waals surface area contributed by atoms with Crippen molar-refractivity contribution in [2.24, 2.45) is 0 Å². The van der Waals surface area contributed by atoms with Gasteiger partial charge in [-0.2, -0.15) is 0 Å². The van der Waals surface area contributed by atoms with Crippen molar-refractivity contribution >= 4 is 23.7 Å². The van der Waals surface area contributed by atoms with E-state index in [0.29, 0.717) is 31.1 Å². The summed E-state index contributed by atoms with van der Waals surface area (Å²) in [6.45, 7) is 4.02. The highest BCUT2D eigenvalue weighted by Crippen LogP contribution is 2.25. The van der Waals surface area contributed by atoms with E-state index in [1.165, 1.54) is 0 Å². The molecule has 1 atom stereocenters. The second-order valence-electron chi connectivity index (χ2n) is 9.28. The van der Waals surface area contributed by atoms with Gasteiger partial charge in [-0.1, -0.05) is 41.9 Å². The van der Waals surface area contributed by atoms with Crippen LogP contribution in [0, 0.1) is 30.6 Å². The van der Waals surface area contributed by atoms with Crippen LogP contribution in [0.4, 0.5) is 0 Å². The fourth-order valence-corrected chi connectivity index (χ4v) is 4.57. The number of rotatable bonds is 14. The molecule has 0 saturated heterocycles. The number of aryl methyl sites for hydroxylation is 1. The fourth-order valence-electron chi connectivity index (χ4n) is 3.76. The minimum absolute atomic E-state index is 0.303. The van der Waals surface area contributed by atoms with Crippen LogP contribution in [0.2, 0.25) is 0 Å². The molecule has 3 rings (SSSR count). The van der Waals surface area contributed by atoms with E-state index in [-0.39, 0.29) is 6.61 Å². The van der Waals surface area contributed by atoms with Crippen LogP contribution in [-0.4, -0.2) is 53.8 Å². The van der Waals surface area contributed by atoms with Gasteiger partial charge in [0.1, 0.15) is 18.1 Å². The highest BCUT2D eigenvalue weighted by Gasteiger charge is 2.17. The van der Waals surface area contributed by atoms with Crippen LogP contribution in [0.25, 0.3) is 0 Å². The van der Waals surface area contributed by atoms with Gasteiger partial charge >= 0.3 is 11.9 Å². The summed E-state index contributed by atoms with van der Waals surface area (Å²) < 4.78 is 16.2. The first-order chi connectivity index (χ1) is 21.3. The van der Waals surface area contributed by atoms with Crippen LogP contribution < -0.4 is 9.47 Å². The van der Waals surface area contributed by atoms with Crippen molar-refractivity contribution in [2.45, 2.75) is 31.3 Å². The molecule has 0 saturated carbocycles. The Balaban J connectivity index is 1.37. The van der Waals surface area contributed by atoms with Crippen LogP contribution in [-0.2, 0) is 20.7 Å². The third kappa shape index (κ3) is 12.5. The maximum Gasteiger partial charge on any atom is 0.341 e. The van der Waals surface area contributed by atoms with Gasteiger partial charge in [-0.05, 0) is 97.8 Å². The third-order valence-electron chi connectivity index (χ3n) is 5.90. The van der Waals surface area contributed by atoms with Gasteiger partial charge in [0.25, 0.3) is 0 Å². The molecule has 0 aliphatic carbocycles. The summed E-state index contributed by atoms with van der Waals surface area (Å²) in [5.41, 5.74) is 3.53. The Morgan fingerprint density at radius 2 is 1.55 bits per heavy atom. The molecular weight excluding hydrogens is 576 g/mol. The van der Waals surface area contributed by atoms with Crippen molar-refractivity contribution in [2.75, 3.05) is 25.6 Å². The second-order valence-corrected chi connectivity index (χ2v) is 10.4. The normalized spacial score (nSPS) is 11.3. The molecule has 8 heteroatoms. The van der Waals surface area contributed by atoms with Crippen LogP contribution in [0.5, 0.6) is 11.5 Å². The minimum Gasteiger partial charge on any atom is -0.490 e. The zero-order valence-corrected chi connectivity index (χ0v) is 25.4. The predicted octanol–water partition coefficient (Wildman–Crippen LogP) is 6.18. The number of ether oxygens (including phenoxy) is 3. The highest BCUT2D eigenvalue weighted by molar-refractivity contribution is 7.99. The Morgan fingerprint density at radius 3 is 2.14 bits per heavy atom. The molecule has 0 aliphatic rings. The number of hydrogen-bond donors (Lipinski definition) is 2. The van der Waals surface area contributed by atoms with Crippen LogP contribution in [0.1, 0.15) is 29.2 Å². The maximum atomic E-state index is 11.2. The topological polar surface area (TPSA) is 102 Å². The molecule has 0 aliphatic heterocycles. The predicted molar refractivity (Wildman–Crippen MR) is 172 cm³/mol. The van der Waals surface area contributed by atoms with Gasteiger partial charge in [-0.3, -0.25) is 0 Å².